The van der Waals surface area contributed by atoms with Crippen LogP contribution in [0.1, 0.15) is 5.69 Å². The first kappa shape index (κ1) is 7.56. The molecule has 1 aromatic carbocycles. The zero-order valence-corrected chi connectivity index (χ0v) is 6.86. The predicted octanol–water partition coefficient (Wildman–Crippen LogP) is 1.69. The highest BCUT2D eigenvalue weighted by molar-refractivity contribution is 5.89. The summed E-state index contributed by atoms with van der Waals surface area (Å²) in [5.74, 6) is 0. The Morgan fingerprint density at radius 2 is 2.08 bits per heavy atom. The fourth-order valence-corrected chi connectivity index (χ4v) is 1.23. The molecule has 0 radical (unpaired) electrons. The van der Waals surface area contributed by atoms with Gasteiger partial charge in [0.05, 0.1) is 11.2 Å². The number of rotatable bonds is 0. The van der Waals surface area contributed by atoms with Crippen molar-refractivity contribution in [2.75, 3.05) is 5.73 Å². The quantitative estimate of drug-likeness (QED) is 0.610. The number of hydrogen-bond acceptors (Lipinski definition) is 3. The largest absolute Gasteiger partial charge is 0.397 e. The van der Waals surface area contributed by atoms with Crippen molar-refractivity contribution in [1.29, 1.82) is 5.26 Å². The van der Waals surface area contributed by atoms with Crippen LogP contribution < -0.4 is 5.73 Å². The van der Waals surface area contributed by atoms with E-state index in [1.165, 1.54) is 0 Å². The lowest BCUT2D eigenvalue weighted by molar-refractivity contribution is 1.33. The van der Waals surface area contributed by atoms with E-state index in [-0.39, 0.29) is 0 Å². The summed E-state index contributed by atoms with van der Waals surface area (Å²) < 4.78 is 0. The SMILES string of the molecule is N#Cc1ccc2cccc(N)c2n1. The maximum Gasteiger partial charge on any atom is 0.141 e. The second-order valence-electron chi connectivity index (χ2n) is 2.73. The first-order chi connectivity index (χ1) is 6.31. The highest BCUT2D eigenvalue weighted by atomic mass is 14.7. The van der Waals surface area contributed by atoms with Gasteiger partial charge in [0.1, 0.15) is 11.8 Å². The van der Waals surface area contributed by atoms with Crippen molar-refractivity contribution in [2.24, 2.45) is 0 Å². The number of para-hydroxylation sites is 1. The second kappa shape index (κ2) is 2.76. The third-order valence-electron chi connectivity index (χ3n) is 1.87. The molecule has 0 bridgehead atoms. The lowest BCUT2D eigenvalue weighted by Gasteiger charge is -1.99. The average Bonchev–Trinajstić information content (AvgIpc) is 2.18. The van der Waals surface area contributed by atoms with Gasteiger partial charge in [-0.3, -0.25) is 0 Å². The zero-order valence-electron chi connectivity index (χ0n) is 6.86. The van der Waals surface area contributed by atoms with Crippen molar-refractivity contribution < 1.29 is 0 Å². The van der Waals surface area contributed by atoms with Crippen LogP contribution in [-0.4, -0.2) is 4.98 Å². The first-order valence-corrected chi connectivity index (χ1v) is 3.86. The van der Waals surface area contributed by atoms with Gasteiger partial charge in [0, 0.05) is 5.39 Å². The number of anilines is 1. The topological polar surface area (TPSA) is 62.7 Å². The van der Waals surface area contributed by atoms with Gasteiger partial charge >= 0.3 is 0 Å². The van der Waals surface area contributed by atoms with Gasteiger partial charge in [-0.2, -0.15) is 5.26 Å². The average molecular weight is 169 g/mol. The van der Waals surface area contributed by atoms with Crippen molar-refractivity contribution in [3.8, 4) is 6.07 Å². The molecule has 0 amide bonds. The highest BCUT2D eigenvalue weighted by Gasteiger charge is 1.99. The molecule has 2 aromatic rings. The van der Waals surface area contributed by atoms with Crippen molar-refractivity contribution >= 4 is 16.6 Å². The summed E-state index contributed by atoms with van der Waals surface area (Å²) in [5.41, 5.74) is 7.40. The van der Waals surface area contributed by atoms with Gasteiger partial charge in [0.15, 0.2) is 0 Å². The molecule has 3 heteroatoms. The minimum absolute atomic E-state index is 0.394. The second-order valence-corrected chi connectivity index (χ2v) is 2.73. The van der Waals surface area contributed by atoms with E-state index in [1.807, 2.05) is 24.3 Å². The Morgan fingerprint density at radius 3 is 2.85 bits per heavy atom. The molecule has 1 heterocycles. The maximum absolute atomic E-state index is 8.63. The Hall–Kier alpha value is -2.08. The van der Waals surface area contributed by atoms with Crippen LogP contribution in [0.2, 0.25) is 0 Å². The fourth-order valence-electron chi connectivity index (χ4n) is 1.23. The number of aromatic nitrogens is 1. The molecule has 2 N–H and O–H groups in total. The number of pyridine rings is 1. The number of nitrogen functional groups attached to an aromatic ring is 1. The fraction of sp³-hybridized carbons (Fsp3) is 0. The summed E-state index contributed by atoms with van der Waals surface area (Å²) in [6.07, 6.45) is 0. The molecule has 3 nitrogen and oxygen atoms in total. The minimum Gasteiger partial charge on any atom is -0.397 e. The van der Waals surface area contributed by atoms with Crippen LogP contribution in [-0.2, 0) is 0 Å². The number of nitrogens with two attached hydrogens (primary N) is 1. The zero-order chi connectivity index (χ0) is 9.26. The van der Waals surface area contributed by atoms with Gasteiger partial charge in [-0.05, 0) is 18.2 Å². The van der Waals surface area contributed by atoms with E-state index in [9.17, 15) is 0 Å². The van der Waals surface area contributed by atoms with E-state index in [4.69, 9.17) is 11.0 Å². The van der Waals surface area contributed by atoms with E-state index < -0.39 is 0 Å². The summed E-state index contributed by atoms with van der Waals surface area (Å²) in [4.78, 5) is 4.11. The molecular formula is C10H7N3. The molecule has 0 spiro atoms. The molecule has 0 fully saturated rings. The Morgan fingerprint density at radius 1 is 1.23 bits per heavy atom. The van der Waals surface area contributed by atoms with Crippen LogP contribution in [0.3, 0.4) is 0 Å². The predicted molar refractivity (Wildman–Crippen MR) is 50.9 cm³/mol. The molecule has 2 rings (SSSR count). The molecular weight excluding hydrogens is 162 g/mol. The molecule has 0 aliphatic rings. The Bertz CT molecular complexity index is 497. The van der Waals surface area contributed by atoms with Crippen molar-refractivity contribution in [3.05, 3.63) is 36.0 Å². The standard InChI is InChI=1S/C10H7N3/c11-6-8-5-4-7-2-1-3-9(12)10(7)13-8/h1-5H,12H2. The number of nitrogens with zero attached hydrogens (tertiary/aromatic N) is 2. The van der Waals surface area contributed by atoms with Crippen LogP contribution >= 0.6 is 0 Å². The summed E-state index contributed by atoms with van der Waals surface area (Å²) in [7, 11) is 0. The normalized spacial score (nSPS) is 9.77. The third-order valence-corrected chi connectivity index (χ3v) is 1.87. The molecule has 0 saturated heterocycles. The summed E-state index contributed by atoms with van der Waals surface area (Å²) in [5, 5.41) is 9.59. The van der Waals surface area contributed by atoms with Gasteiger partial charge in [-0.15, -0.1) is 0 Å². The lowest BCUT2D eigenvalue weighted by atomic mass is 10.2. The maximum atomic E-state index is 8.63. The number of fused-ring (bicyclic) bond motifs is 1. The number of hydrogen-bond donors (Lipinski definition) is 1. The Kier molecular flexibility index (Phi) is 1.60. The van der Waals surface area contributed by atoms with Gasteiger partial charge < -0.3 is 5.73 Å². The minimum atomic E-state index is 0.394. The van der Waals surface area contributed by atoms with Gasteiger partial charge in [0.2, 0.25) is 0 Å². The Labute approximate surface area is 75.4 Å². The van der Waals surface area contributed by atoms with Crippen LogP contribution in [0.25, 0.3) is 10.9 Å². The summed E-state index contributed by atoms with van der Waals surface area (Å²) >= 11 is 0. The van der Waals surface area contributed by atoms with Crippen LogP contribution in [0.15, 0.2) is 30.3 Å². The van der Waals surface area contributed by atoms with Crippen LogP contribution in [0, 0.1) is 11.3 Å². The van der Waals surface area contributed by atoms with Gasteiger partial charge in [0.25, 0.3) is 0 Å². The van der Waals surface area contributed by atoms with Crippen molar-refractivity contribution in [2.45, 2.75) is 0 Å². The molecule has 0 unspecified atom stereocenters. The summed E-state index contributed by atoms with van der Waals surface area (Å²) in [6, 6.07) is 11.1. The van der Waals surface area contributed by atoms with E-state index >= 15 is 0 Å². The lowest BCUT2D eigenvalue weighted by Crippen LogP contribution is -1.90. The number of nitriles is 1. The molecule has 62 valence electrons. The number of benzene rings is 1. The van der Waals surface area contributed by atoms with E-state index in [1.54, 1.807) is 12.1 Å². The van der Waals surface area contributed by atoms with Gasteiger partial charge in [-0.25, -0.2) is 4.98 Å². The molecule has 13 heavy (non-hydrogen) atoms. The third kappa shape index (κ3) is 1.18. The molecule has 0 saturated carbocycles. The first-order valence-electron chi connectivity index (χ1n) is 3.86. The van der Waals surface area contributed by atoms with Crippen molar-refractivity contribution in [1.82, 2.24) is 4.98 Å². The van der Waals surface area contributed by atoms with E-state index in [2.05, 4.69) is 4.98 Å². The molecule has 0 atom stereocenters. The van der Waals surface area contributed by atoms with Gasteiger partial charge in [-0.1, -0.05) is 12.1 Å². The highest BCUT2D eigenvalue weighted by Crippen LogP contribution is 2.18. The summed E-state index contributed by atoms with van der Waals surface area (Å²) in [6.45, 7) is 0. The molecule has 0 aliphatic heterocycles. The smallest absolute Gasteiger partial charge is 0.141 e. The van der Waals surface area contributed by atoms with Crippen LogP contribution in [0.4, 0.5) is 5.69 Å². The van der Waals surface area contributed by atoms with E-state index in [0.717, 1.165) is 5.39 Å². The van der Waals surface area contributed by atoms with Crippen molar-refractivity contribution in [3.63, 3.8) is 0 Å². The van der Waals surface area contributed by atoms with E-state index in [0.29, 0.717) is 16.9 Å². The molecule has 0 aliphatic carbocycles. The molecule has 1 aromatic heterocycles. The van der Waals surface area contributed by atoms with Crippen LogP contribution in [0.5, 0.6) is 0 Å². The Balaban J connectivity index is 2.84. The monoisotopic (exact) mass is 169 g/mol.